The highest BCUT2D eigenvalue weighted by atomic mass is 16.5. The van der Waals surface area contributed by atoms with Crippen LogP contribution >= 0.6 is 0 Å². The summed E-state index contributed by atoms with van der Waals surface area (Å²) in [5.74, 6) is -6.42. The molecule has 0 bridgehead atoms. The first-order valence-electron chi connectivity index (χ1n) is 7.33. The number of carbonyl (C=O) groups excluding carboxylic acids is 5. The Morgan fingerprint density at radius 1 is 0.760 bits per heavy atom. The molecule has 10 nitrogen and oxygen atoms in total. The lowest BCUT2D eigenvalue weighted by molar-refractivity contribution is -0.163. The van der Waals surface area contributed by atoms with Crippen LogP contribution in [0, 0.1) is 11.8 Å². The smallest absolute Gasteiger partial charge is 0.328 e. The van der Waals surface area contributed by atoms with E-state index in [1.807, 2.05) is 0 Å². The maximum absolute atomic E-state index is 12.0. The molecule has 0 aliphatic heterocycles. The van der Waals surface area contributed by atoms with Gasteiger partial charge in [0.25, 0.3) is 0 Å². The summed E-state index contributed by atoms with van der Waals surface area (Å²) >= 11 is 0. The van der Waals surface area contributed by atoms with E-state index >= 15 is 0 Å². The Kier molecular flexibility index (Phi) is 9.83. The predicted octanol–water partition coefficient (Wildman–Crippen LogP) is -0.804. The van der Waals surface area contributed by atoms with E-state index < -0.39 is 47.7 Å². The Bertz CT molecular complexity index is 501. The van der Waals surface area contributed by atoms with Crippen LogP contribution in [0.4, 0.5) is 0 Å². The maximum atomic E-state index is 12.0. The number of hydrogen-bond donors (Lipinski definition) is 1. The van der Waals surface area contributed by atoms with Crippen molar-refractivity contribution >= 4 is 29.8 Å². The van der Waals surface area contributed by atoms with Gasteiger partial charge in [0.05, 0.1) is 34.9 Å². The highest BCUT2D eigenvalue weighted by molar-refractivity contribution is 5.96. The Labute approximate surface area is 145 Å². The van der Waals surface area contributed by atoms with Gasteiger partial charge in [-0.25, -0.2) is 4.79 Å². The molecule has 25 heavy (non-hydrogen) atoms. The second-order valence-electron chi connectivity index (χ2n) is 5.03. The van der Waals surface area contributed by atoms with Gasteiger partial charge in [-0.15, -0.1) is 0 Å². The molecule has 0 rings (SSSR count). The molecule has 2 atom stereocenters. The van der Waals surface area contributed by atoms with E-state index in [0.29, 0.717) is 0 Å². The Balaban J connectivity index is 5.31. The van der Waals surface area contributed by atoms with E-state index in [2.05, 4.69) is 24.3 Å². The molecule has 0 saturated carbocycles. The van der Waals surface area contributed by atoms with E-state index in [1.54, 1.807) is 0 Å². The molecule has 1 amide bonds. The van der Waals surface area contributed by atoms with Crippen LogP contribution in [0.5, 0.6) is 0 Å². The predicted molar refractivity (Wildman–Crippen MR) is 81.9 cm³/mol. The molecule has 142 valence electrons. The number of carbonyl (C=O) groups is 5. The van der Waals surface area contributed by atoms with E-state index in [0.717, 1.165) is 21.3 Å². The van der Waals surface area contributed by atoms with Crippen molar-refractivity contribution in [1.82, 2.24) is 5.32 Å². The molecule has 0 aromatic heterocycles. The van der Waals surface area contributed by atoms with Crippen LogP contribution in [0.25, 0.3) is 0 Å². The van der Waals surface area contributed by atoms with Gasteiger partial charge >= 0.3 is 23.9 Å². The Morgan fingerprint density at radius 3 is 1.64 bits per heavy atom. The number of nitrogens with one attached hydrogen (secondary N) is 1. The first-order chi connectivity index (χ1) is 11.7. The number of amides is 1. The molecule has 10 heteroatoms. The van der Waals surface area contributed by atoms with Crippen LogP contribution in [0.1, 0.15) is 19.8 Å². The fraction of sp³-hybridized carbons (Fsp3) is 0.667. The van der Waals surface area contributed by atoms with Crippen LogP contribution < -0.4 is 5.32 Å². The summed E-state index contributed by atoms with van der Waals surface area (Å²) in [4.78, 5) is 58.7. The van der Waals surface area contributed by atoms with Crippen molar-refractivity contribution in [3.8, 4) is 0 Å². The van der Waals surface area contributed by atoms with Crippen LogP contribution in [-0.4, -0.2) is 64.3 Å². The number of hydrogen-bond acceptors (Lipinski definition) is 9. The summed E-state index contributed by atoms with van der Waals surface area (Å²) in [5.41, 5.74) is 0. The molecule has 0 radical (unpaired) electrons. The zero-order valence-corrected chi connectivity index (χ0v) is 14.8. The summed E-state index contributed by atoms with van der Waals surface area (Å²) in [6.45, 7) is 1.39. The molecule has 0 aromatic rings. The second kappa shape index (κ2) is 11.0. The van der Waals surface area contributed by atoms with Gasteiger partial charge in [-0.2, -0.15) is 0 Å². The third kappa shape index (κ3) is 6.77. The summed E-state index contributed by atoms with van der Waals surface area (Å²) in [6.07, 6.45) is -0.434. The van der Waals surface area contributed by atoms with E-state index in [-0.39, 0.29) is 12.8 Å². The molecule has 0 unspecified atom stereocenters. The molecular formula is C15H23NO9. The molecule has 0 aliphatic rings. The lowest BCUT2D eigenvalue weighted by atomic mass is 9.87. The SMILES string of the molecule is COC(=O)CCC(=O)N[C@@H](C(=O)OC)[C@H](C)C(C(=O)OC)C(=O)OC. The van der Waals surface area contributed by atoms with Gasteiger partial charge in [-0.1, -0.05) is 6.92 Å². The third-order valence-electron chi connectivity index (χ3n) is 3.52. The number of ether oxygens (including phenoxy) is 4. The van der Waals surface area contributed by atoms with Crippen LogP contribution in [0.15, 0.2) is 0 Å². The van der Waals surface area contributed by atoms with E-state index in [9.17, 15) is 24.0 Å². The number of rotatable bonds is 9. The average Bonchev–Trinajstić information content (AvgIpc) is 2.62. The minimum atomic E-state index is -1.44. The van der Waals surface area contributed by atoms with Gasteiger partial charge < -0.3 is 24.3 Å². The third-order valence-corrected chi connectivity index (χ3v) is 3.52. The van der Waals surface area contributed by atoms with Gasteiger partial charge in [0.15, 0.2) is 5.92 Å². The fourth-order valence-corrected chi connectivity index (χ4v) is 2.07. The first kappa shape index (κ1) is 22.4. The number of methoxy groups -OCH3 is 4. The zero-order valence-electron chi connectivity index (χ0n) is 14.8. The lowest BCUT2D eigenvalue weighted by Gasteiger charge is -2.27. The molecule has 1 N–H and O–H groups in total. The molecule has 0 heterocycles. The van der Waals surface area contributed by atoms with Gasteiger partial charge in [-0.05, 0) is 0 Å². The summed E-state index contributed by atoms with van der Waals surface area (Å²) in [7, 11) is 4.42. The maximum Gasteiger partial charge on any atom is 0.328 e. The van der Waals surface area contributed by atoms with Gasteiger partial charge in [-0.3, -0.25) is 19.2 Å². The quantitative estimate of drug-likeness (QED) is 0.318. The minimum Gasteiger partial charge on any atom is -0.469 e. The van der Waals surface area contributed by atoms with E-state index in [4.69, 9.17) is 0 Å². The molecule has 0 saturated heterocycles. The van der Waals surface area contributed by atoms with Crippen molar-refractivity contribution in [3.05, 3.63) is 0 Å². The topological polar surface area (TPSA) is 134 Å². The fourth-order valence-electron chi connectivity index (χ4n) is 2.07. The molecule has 0 aliphatic carbocycles. The first-order valence-corrected chi connectivity index (χ1v) is 7.33. The van der Waals surface area contributed by atoms with Crippen molar-refractivity contribution in [2.24, 2.45) is 11.8 Å². The van der Waals surface area contributed by atoms with Crippen LogP contribution in [-0.2, 0) is 42.9 Å². The Morgan fingerprint density at radius 2 is 1.24 bits per heavy atom. The van der Waals surface area contributed by atoms with Crippen molar-refractivity contribution < 1.29 is 42.9 Å². The summed E-state index contributed by atoms with van der Waals surface area (Å²) < 4.78 is 18.1. The second-order valence-corrected chi connectivity index (χ2v) is 5.03. The monoisotopic (exact) mass is 361 g/mol. The van der Waals surface area contributed by atoms with Crippen molar-refractivity contribution in [2.45, 2.75) is 25.8 Å². The summed E-state index contributed by atoms with van der Waals surface area (Å²) in [5, 5.41) is 2.35. The van der Waals surface area contributed by atoms with E-state index in [1.165, 1.54) is 14.0 Å². The molecular weight excluding hydrogens is 338 g/mol. The number of esters is 4. The molecule has 0 fully saturated rings. The lowest BCUT2D eigenvalue weighted by Crippen LogP contribution is -2.51. The van der Waals surface area contributed by atoms with Crippen LogP contribution in [0.2, 0.25) is 0 Å². The highest BCUT2D eigenvalue weighted by Gasteiger charge is 2.42. The van der Waals surface area contributed by atoms with Gasteiger partial charge in [0.1, 0.15) is 6.04 Å². The van der Waals surface area contributed by atoms with Crippen molar-refractivity contribution in [3.63, 3.8) is 0 Å². The average molecular weight is 361 g/mol. The highest BCUT2D eigenvalue weighted by Crippen LogP contribution is 2.20. The molecule has 0 spiro atoms. The standard InChI is InChI=1S/C15H23NO9/c1-8(11(13(19)23-3)14(20)24-4)12(15(21)25-5)16-9(17)6-7-10(18)22-2/h8,11-12H,6-7H2,1-5H3,(H,16,17)/t8-,12-/m1/s1. The van der Waals surface area contributed by atoms with Crippen LogP contribution in [0.3, 0.4) is 0 Å². The van der Waals surface area contributed by atoms with Crippen molar-refractivity contribution in [2.75, 3.05) is 28.4 Å². The van der Waals surface area contributed by atoms with Gasteiger partial charge in [0, 0.05) is 12.3 Å². The Hall–Kier alpha value is -2.65. The molecule has 0 aromatic carbocycles. The largest absolute Gasteiger partial charge is 0.469 e. The summed E-state index contributed by atoms with van der Waals surface area (Å²) in [6, 6.07) is -1.32. The van der Waals surface area contributed by atoms with Gasteiger partial charge in [0.2, 0.25) is 5.91 Å². The normalized spacial score (nSPS) is 12.6. The minimum absolute atomic E-state index is 0.192. The zero-order chi connectivity index (χ0) is 19.6. The van der Waals surface area contributed by atoms with Crippen molar-refractivity contribution in [1.29, 1.82) is 0 Å².